The average molecular weight is 467 g/mol. The summed E-state index contributed by atoms with van der Waals surface area (Å²) in [5.74, 6) is -0.292. The lowest BCUT2D eigenvalue weighted by atomic mass is 10.1. The van der Waals surface area contributed by atoms with Gasteiger partial charge in [-0.3, -0.25) is 4.79 Å². The third kappa shape index (κ3) is 4.63. The van der Waals surface area contributed by atoms with Gasteiger partial charge in [-0.2, -0.15) is 0 Å². The number of halogens is 1. The zero-order valence-electron chi connectivity index (χ0n) is 17.4. The van der Waals surface area contributed by atoms with Crippen LogP contribution < -0.4 is 15.7 Å². The number of methoxy groups -OCH3 is 1. The Morgan fingerprint density at radius 3 is 2.36 bits per heavy atom. The molecule has 3 aromatic carbocycles. The molecule has 7 nitrogen and oxygen atoms in total. The Kier molecular flexibility index (Phi) is 5.97. The summed E-state index contributed by atoms with van der Waals surface area (Å²) in [5.41, 5.74) is 0.201. The predicted molar refractivity (Wildman–Crippen MR) is 118 cm³/mol. The zero-order chi connectivity index (χ0) is 23.6. The Bertz CT molecular complexity index is 1490. The lowest BCUT2D eigenvalue weighted by Crippen LogP contribution is -2.22. The Labute approximate surface area is 188 Å². The second kappa shape index (κ2) is 8.87. The number of fused-ring (bicyclic) bond motifs is 1. The molecule has 0 fully saturated rings. The van der Waals surface area contributed by atoms with Crippen molar-refractivity contribution in [3.8, 4) is 5.75 Å². The van der Waals surface area contributed by atoms with Crippen LogP contribution in [-0.4, -0.2) is 21.4 Å². The smallest absolute Gasteiger partial charge is 0.355 e. The van der Waals surface area contributed by atoms with Gasteiger partial charge in [-0.15, -0.1) is 0 Å². The molecule has 0 atom stereocenters. The van der Waals surface area contributed by atoms with Crippen LogP contribution in [0.5, 0.6) is 5.75 Å². The normalized spacial score (nSPS) is 11.3. The quantitative estimate of drug-likeness (QED) is 0.343. The van der Waals surface area contributed by atoms with E-state index in [0.29, 0.717) is 5.75 Å². The van der Waals surface area contributed by atoms with Crippen LogP contribution in [0, 0.1) is 5.82 Å². The van der Waals surface area contributed by atoms with Gasteiger partial charge in [0.05, 0.1) is 12.0 Å². The van der Waals surface area contributed by atoms with E-state index in [1.807, 2.05) is 12.1 Å². The third-order valence-electron chi connectivity index (χ3n) is 4.99. The van der Waals surface area contributed by atoms with Gasteiger partial charge in [0.25, 0.3) is 5.91 Å². The number of rotatable bonds is 6. The molecule has 0 radical (unpaired) electrons. The van der Waals surface area contributed by atoms with E-state index in [1.54, 1.807) is 19.2 Å². The van der Waals surface area contributed by atoms with Crippen molar-refractivity contribution in [3.05, 3.63) is 100 Å². The van der Waals surface area contributed by atoms with Crippen LogP contribution in [0.15, 0.2) is 91.8 Å². The molecule has 0 aliphatic heterocycles. The van der Waals surface area contributed by atoms with E-state index < -0.39 is 26.2 Å². The first-order valence-electron chi connectivity index (χ1n) is 9.77. The molecule has 0 saturated heterocycles. The highest BCUT2D eigenvalue weighted by atomic mass is 32.2. The molecule has 0 unspecified atom stereocenters. The van der Waals surface area contributed by atoms with Crippen molar-refractivity contribution in [2.45, 2.75) is 16.3 Å². The van der Waals surface area contributed by atoms with E-state index in [4.69, 9.17) is 9.15 Å². The van der Waals surface area contributed by atoms with Crippen LogP contribution in [-0.2, 0) is 16.4 Å². The van der Waals surface area contributed by atoms with E-state index in [9.17, 15) is 22.4 Å². The highest BCUT2D eigenvalue weighted by molar-refractivity contribution is 7.91. The summed E-state index contributed by atoms with van der Waals surface area (Å²) >= 11 is 0. The van der Waals surface area contributed by atoms with E-state index in [-0.39, 0.29) is 33.9 Å². The molecule has 0 aliphatic rings. The topological polar surface area (TPSA) is 103 Å². The van der Waals surface area contributed by atoms with E-state index in [0.717, 1.165) is 35.9 Å². The average Bonchev–Trinajstić information content (AvgIpc) is 2.82. The molecule has 9 heteroatoms. The lowest BCUT2D eigenvalue weighted by molar-refractivity contribution is 0.0951. The fourth-order valence-corrected chi connectivity index (χ4v) is 4.49. The highest BCUT2D eigenvalue weighted by Gasteiger charge is 2.23. The molecule has 4 aromatic rings. The summed E-state index contributed by atoms with van der Waals surface area (Å²) in [6.07, 6.45) is 0. The van der Waals surface area contributed by atoms with Gasteiger partial charge in [0.1, 0.15) is 17.1 Å². The highest BCUT2D eigenvalue weighted by Crippen LogP contribution is 2.23. The molecule has 0 aliphatic carbocycles. The third-order valence-corrected chi connectivity index (χ3v) is 6.74. The molecule has 1 amide bonds. The van der Waals surface area contributed by atoms with E-state index in [2.05, 4.69) is 5.32 Å². The molecule has 1 N–H and O–H groups in total. The first-order chi connectivity index (χ1) is 15.8. The van der Waals surface area contributed by atoms with Crippen LogP contribution in [0.2, 0.25) is 0 Å². The number of ether oxygens (including phenoxy) is 1. The molecular formula is C24H18FNO6S. The zero-order valence-corrected chi connectivity index (χ0v) is 18.2. The minimum absolute atomic E-state index is 0.129. The fourth-order valence-electron chi connectivity index (χ4n) is 3.20. The van der Waals surface area contributed by atoms with Crippen LogP contribution in [0.1, 0.15) is 15.9 Å². The Balaban J connectivity index is 1.62. The number of sulfone groups is 1. The number of carbonyl (C=O) groups excluding carboxylic acids is 1. The SMILES string of the molecule is COc1ccc(CNC(=O)c2ccc3oc(=O)c(S(=O)(=O)c4ccc(F)cc4)cc3c2)cc1. The largest absolute Gasteiger partial charge is 0.497 e. The van der Waals surface area contributed by atoms with Gasteiger partial charge in [-0.1, -0.05) is 12.1 Å². The second-order valence-electron chi connectivity index (χ2n) is 7.14. The van der Waals surface area contributed by atoms with Gasteiger partial charge in [-0.25, -0.2) is 17.6 Å². The number of nitrogens with one attached hydrogen (secondary N) is 1. The number of amides is 1. The van der Waals surface area contributed by atoms with Crippen molar-refractivity contribution >= 4 is 26.7 Å². The minimum Gasteiger partial charge on any atom is -0.497 e. The van der Waals surface area contributed by atoms with Crippen LogP contribution in [0.3, 0.4) is 0 Å². The standard InChI is InChI=1S/C24H18FNO6S/c1-31-19-7-2-15(3-8-19)14-26-23(27)16-4-11-21-17(12-16)13-22(24(28)32-21)33(29,30)20-9-5-18(25)6-10-20/h2-13H,14H2,1H3,(H,26,27). The summed E-state index contributed by atoms with van der Waals surface area (Å²) in [6, 6.07) is 16.8. The maximum absolute atomic E-state index is 13.2. The Morgan fingerprint density at radius 1 is 1.00 bits per heavy atom. The lowest BCUT2D eigenvalue weighted by Gasteiger charge is -2.08. The molecular weight excluding hydrogens is 449 g/mol. The molecule has 0 bridgehead atoms. The van der Waals surface area contributed by atoms with Crippen molar-refractivity contribution in [3.63, 3.8) is 0 Å². The fraction of sp³-hybridized carbons (Fsp3) is 0.0833. The summed E-state index contributed by atoms with van der Waals surface area (Å²) in [5, 5.41) is 3.04. The minimum atomic E-state index is -4.25. The molecule has 1 aromatic heterocycles. The van der Waals surface area contributed by atoms with Gasteiger partial charge >= 0.3 is 5.63 Å². The molecule has 33 heavy (non-hydrogen) atoms. The maximum atomic E-state index is 13.2. The summed E-state index contributed by atoms with van der Waals surface area (Å²) in [4.78, 5) is 24.1. The Hall–Kier alpha value is -3.98. The first-order valence-corrected chi connectivity index (χ1v) is 11.3. The summed E-state index contributed by atoms with van der Waals surface area (Å²) < 4.78 is 49.2. The van der Waals surface area contributed by atoms with Crippen molar-refractivity contribution in [1.82, 2.24) is 5.32 Å². The van der Waals surface area contributed by atoms with Gasteiger partial charge in [0.15, 0.2) is 4.90 Å². The predicted octanol–water partition coefficient (Wildman–Crippen LogP) is 3.70. The number of carbonyl (C=O) groups is 1. The van der Waals surface area contributed by atoms with Crippen molar-refractivity contribution in [2.24, 2.45) is 0 Å². The first kappa shape index (κ1) is 22.2. The van der Waals surface area contributed by atoms with Crippen molar-refractivity contribution in [1.29, 1.82) is 0 Å². The van der Waals surface area contributed by atoms with Gasteiger partial charge in [-0.05, 0) is 66.2 Å². The number of hydrogen-bond acceptors (Lipinski definition) is 6. The van der Waals surface area contributed by atoms with Gasteiger partial charge < -0.3 is 14.5 Å². The van der Waals surface area contributed by atoms with Crippen LogP contribution in [0.4, 0.5) is 4.39 Å². The van der Waals surface area contributed by atoms with Gasteiger partial charge in [0.2, 0.25) is 9.84 Å². The van der Waals surface area contributed by atoms with Crippen LogP contribution >= 0.6 is 0 Å². The number of benzene rings is 3. The summed E-state index contributed by atoms with van der Waals surface area (Å²) in [7, 11) is -2.68. The molecule has 168 valence electrons. The van der Waals surface area contributed by atoms with E-state index in [1.165, 1.54) is 18.2 Å². The molecule has 0 saturated carbocycles. The number of hydrogen-bond donors (Lipinski definition) is 1. The van der Waals surface area contributed by atoms with E-state index >= 15 is 0 Å². The second-order valence-corrected chi connectivity index (χ2v) is 9.06. The molecule has 1 heterocycles. The maximum Gasteiger partial charge on any atom is 0.355 e. The molecule has 0 spiro atoms. The Morgan fingerprint density at radius 2 is 1.70 bits per heavy atom. The van der Waals surface area contributed by atoms with Crippen LogP contribution in [0.25, 0.3) is 11.0 Å². The monoisotopic (exact) mass is 467 g/mol. The van der Waals surface area contributed by atoms with Crippen molar-refractivity contribution in [2.75, 3.05) is 7.11 Å². The molecule has 4 rings (SSSR count). The van der Waals surface area contributed by atoms with Gasteiger partial charge in [0, 0.05) is 17.5 Å². The summed E-state index contributed by atoms with van der Waals surface area (Å²) in [6.45, 7) is 0.273. The van der Waals surface area contributed by atoms with Crippen molar-refractivity contribution < 1.29 is 26.8 Å².